The highest BCUT2D eigenvalue weighted by Crippen LogP contribution is 2.26. The highest BCUT2D eigenvalue weighted by atomic mass is 16.1. The standard InChI is InChI=1S/C20H15N7O2/c1-11-7-17(25-27(11)2)18(28)16-10-23-19-15(16)8-14(9-22-19)12-3-5-13(6-4-12)20(29)24-26-21/h3-10H,1-2H3,(H,22,23). The summed E-state index contributed by atoms with van der Waals surface area (Å²) < 4.78 is 1.66. The number of pyridine rings is 1. The van der Waals surface area contributed by atoms with Gasteiger partial charge in [0.2, 0.25) is 11.7 Å². The van der Waals surface area contributed by atoms with Gasteiger partial charge in [0, 0.05) is 46.6 Å². The van der Waals surface area contributed by atoms with Crippen LogP contribution < -0.4 is 0 Å². The van der Waals surface area contributed by atoms with Crippen molar-refractivity contribution in [1.29, 1.82) is 0 Å². The summed E-state index contributed by atoms with van der Waals surface area (Å²) in [6.45, 7) is 1.88. The van der Waals surface area contributed by atoms with Crippen molar-refractivity contribution in [1.82, 2.24) is 19.7 Å². The van der Waals surface area contributed by atoms with Crippen LogP contribution in [-0.4, -0.2) is 31.4 Å². The molecule has 0 aliphatic rings. The average molecular weight is 385 g/mol. The molecule has 142 valence electrons. The Kier molecular flexibility index (Phi) is 4.42. The number of carbonyl (C=O) groups is 2. The lowest BCUT2D eigenvalue weighted by atomic mass is 10.0. The number of hydrogen-bond donors (Lipinski definition) is 1. The molecule has 9 heteroatoms. The fourth-order valence-electron chi connectivity index (χ4n) is 3.06. The predicted octanol–water partition coefficient (Wildman–Crippen LogP) is 3.95. The molecule has 0 atom stereocenters. The fraction of sp³-hybridized carbons (Fsp3) is 0.100. The van der Waals surface area contributed by atoms with Gasteiger partial charge in [-0.15, -0.1) is 0 Å². The number of hydrogen-bond acceptors (Lipinski definition) is 4. The molecule has 1 aromatic carbocycles. The molecule has 0 bridgehead atoms. The number of aryl methyl sites for hydroxylation is 2. The third kappa shape index (κ3) is 3.26. The Morgan fingerprint density at radius 3 is 2.59 bits per heavy atom. The van der Waals surface area contributed by atoms with Crippen LogP contribution in [0.2, 0.25) is 0 Å². The first-order chi connectivity index (χ1) is 14.0. The number of amides is 1. The summed E-state index contributed by atoms with van der Waals surface area (Å²) in [6.07, 6.45) is 3.32. The molecule has 3 heterocycles. The molecular weight excluding hydrogens is 370 g/mol. The number of nitrogens with zero attached hydrogens (tertiary/aromatic N) is 6. The summed E-state index contributed by atoms with van der Waals surface area (Å²) in [7, 11) is 1.79. The first-order valence-electron chi connectivity index (χ1n) is 8.70. The zero-order valence-electron chi connectivity index (χ0n) is 15.6. The third-order valence-electron chi connectivity index (χ3n) is 4.72. The number of azide groups is 1. The van der Waals surface area contributed by atoms with Gasteiger partial charge in [0.1, 0.15) is 11.3 Å². The minimum atomic E-state index is -0.642. The van der Waals surface area contributed by atoms with E-state index in [-0.39, 0.29) is 5.78 Å². The van der Waals surface area contributed by atoms with Crippen LogP contribution in [-0.2, 0) is 7.05 Å². The molecule has 0 aliphatic heterocycles. The third-order valence-corrected chi connectivity index (χ3v) is 4.72. The largest absolute Gasteiger partial charge is 0.345 e. The molecule has 1 amide bonds. The average Bonchev–Trinajstić information content (AvgIpc) is 3.30. The van der Waals surface area contributed by atoms with E-state index < -0.39 is 5.91 Å². The molecule has 0 saturated carbocycles. The summed E-state index contributed by atoms with van der Waals surface area (Å²) in [5, 5.41) is 8.03. The Morgan fingerprint density at radius 2 is 1.93 bits per heavy atom. The van der Waals surface area contributed by atoms with E-state index in [1.807, 2.05) is 13.0 Å². The molecular formula is C20H15N7O2. The lowest BCUT2D eigenvalue weighted by Crippen LogP contribution is -2.03. The number of ketones is 1. The zero-order chi connectivity index (χ0) is 20.5. The van der Waals surface area contributed by atoms with Crippen LogP contribution in [0.1, 0.15) is 32.1 Å². The van der Waals surface area contributed by atoms with Crippen molar-refractivity contribution in [2.45, 2.75) is 6.92 Å². The van der Waals surface area contributed by atoms with Crippen molar-refractivity contribution in [2.24, 2.45) is 12.2 Å². The van der Waals surface area contributed by atoms with E-state index in [0.29, 0.717) is 27.9 Å². The normalized spacial score (nSPS) is 10.7. The predicted molar refractivity (Wildman–Crippen MR) is 106 cm³/mol. The molecule has 29 heavy (non-hydrogen) atoms. The second-order valence-corrected chi connectivity index (χ2v) is 6.52. The van der Waals surface area contributed by atoms with Gasteiger partial charge in [0.15, 0.2) is 0 Å². The maximum atomic E-state index is 12.9. The topological polar surface area (TPSA) is 129 Å². The molecule has 0 aliphatic carbocycles. The van der Waals surface area contributed by atoms with Gasteiger partial charge in [-0.25, -0.2) is 4.98 Å². The molecule has 3 aromatic heterocycles. The number of benzene rings is 1. The Labute approximate surface area is 164 Å². The Hall–Kier alpha value is -4.23. The van der Waals surface area contributed by atoms with E-state index in [4.69, 9.17) is 5.53 Å². The SMILES string of the molecule is Cc1cc(C(=O)c2c[nH]c3ncc(-c4ccc(C(=O)N=[N+]=[N-])cc4)cc23)nn1C. The number of carbonyl (C=O) groups excluding carboxylic acids is 2. The summed E-state index contributed by atoms with van der Waals surface area (Å²) in [5.74, 6) is -0.828. The summed E-state index contributed by atoms with van der Waals surface area (Å²) >= 11 is 0. The molecule has 4 aromatic rings. The molecule has 4 rings (SSSR count). The van der Waals surface area contributed by atoms with Crippen molar-refractivity contribution < 1.29 is 9.59 Å². The molecule has 0 saturated heterocycles. The summed E-state index contributed by atoms with van der Waals surface area (Å²) in [6, 6.07) is 10.2. The number of nitrogens with one attached hydrogen (secondary N) is 1. The number of aromatic amines is 1. The Bertz CT molecular complexity index is 1290. The van der Waals surface area contributed by atoms with Crippen LogP contribution in [0.25, 0.3) is 32.6 Å². The van der Waals surface area contributed by atoms with Gasteiger partial charge in [0.25, 0.3) is 0 Å². The number of H-pyrrole nitrogens is 1. The molecule has 9 nitrogen and oxygen atoms in total. The van der Waals surface area contributed by atoms with Gasteiger partial charge in [-0.05, 0) is 35.3 Å². The van der Waals surface area contributed by atoms with E-state index in [1.54, 1.807) is 54.5 Å². The number of fused-ring (bicyclic) bond motifs is 1. The lowest BCUT2D eigenvalue weighted by Gasteiger charge is -2.03. The first kappa shape index (κ1) is 18.1. The minimum Gasteiger partial charge on any atom is -0.345 e. The van der Waals surface area contributed by atoms with Gasteiger partial charge in [-0.2, -0.15) is 5.10 Å². The van der Waals surface area contributed by atoms with Crippen LogP contribution in [0.15, 0.2) is 53.9 Å². The van der Waals surface area contributed by atoms with Gasteiger partial charge in [0.05, 0.1) is 5.56 Å². The smallest absolute Gasteiger partial charge is 0.249 e. The summed E-state index contributed by atoms with van der Waals surface area (Å²) in [4.78, 5) is 34.5. The quantitative estimate of drug-likeness (QED) is 0.247. The van der Waals surface area contributed by atoms with Crippen molar-refractivity contribution in [3.05, 3.63) is 81.7 Å². The molecule has 0 radical (unpaired) electrons. The van der Waals surface area contributed by atoms with Crippen molar-refractivity contribution in [2.75, 3.05) is 0 Å². The number of rotatable bonds is 4. The van der Waals surface area contributed by atoms with Crippen LogP contribution >= 0.6 is 0 Å². The van der Waals surface area contributed by atoms with E-state index in [1.165, 1.54) is 0 Å². The van der Waals surface area contributed by atoms with Crippen molar-refractivity contribution in [3.8, 4) is 11.1 Å². The molecule has 0 spiro atoms. The van der Waals surface area contributed by atoms with Crippen LogP contribution in [0.5, 0.6) is 0 Å². The second-order valence-electron chi connectivity index (χ2n) is 6.52. The van der Waals surface area contributed by atoms with Gasteiger partial charge < -0.3 is 4.98 Å². The fourth-order valence-corrected chi connectivity index (χ4v) is 3.06. The van der Waals surface area contributed by atoms with Crippen LogP contribution in [0.4, 0.5) is 0 Å². The van der Waals surface area contributed by atoms with E-state index in [2.05, 4.69) is 25.1 Å². The first-order valence-corrected chi connectivity index (χ1v) is 8.70. The number of aromatic nitrogens is 4. The van der Waals surface area contributed by atoms with Crippen molar-refractivity contribution in [3.63, 3.8) is 0 Å². The minimum absolute atomic E-state index is 0.186. The van der Waals surface area contributed by atoms with E-state index in [9.17, 15) is 9.59 Å². The maximum Gasteiger partial charge on any atom is 0.249 e. The Balaban J connectivity index is 1.72. The van der Waals surface area contributed by atoms with Gasteiger partial charge in [-0.3, -0.25) is 14.3 Å². The van der Waals surface area contributed by atoms with Crippen LogP contribution in [0.3, 0.4) is 0 Å². The van der Waals surface area contributed by atoms with Gasteiger partial charge in [-0.1, -0.05) is 24.3 Å². The highest BCUT2D eigenvalue weighted by Gasteiger charge is 2.18. The molecule has 1 N–H and O–H groups in total. The summed E-state index contributed by atoms with van der Waals surface area (Å²) in [5.41, 5.74) is 12.6. The molecule has 0 fully saturated rings. The van der Waals surface area contributed by atoms with Gasteiger partial charge >= 0.3 is 0 Å². The molecule has 0 unspecified atom stereocenters. The van der Waals surface area contributed by atoms with Crippen LogP contribution in [0, 0.1) is 6.92 Å². The zero-order valence-corrected chi connectivity index (χ0v) is 15.6. The highest BCUT2D eigenvalue weighted by molar-refractivity contribution is 6.15. The maximum absolute atomic E-state index is 12.9. The van der Waals surface area contributed by atoms with E-state index >= 15 is 0 Å². The second kappa shape index (κ2) is 7.06. The van der Waals surface area contributed by atoms with E-state index in [0.717, 1.165) is 16.8 Å². The lowest BCUT2D eigenvalue weighted by molar-refractivity contribution is 0.0998. The Morgan fingerprint density at radius 1 is 1.17 bits per heavy atom. The van der Waals surface area contributed by atoms with Crippen molar-refractivity contribution >= 4 is 22.7 Å². The monoisotopic (exact) mass is 385 g/mol.